The second-order valence-corrected chi connectivity index (χ2v) is 9.03. The van der Waals surface area contributed by atoms with Crippen LogP contribution in [0.1, 0.15) is 43.6 Å². The van der Waals surface area contributed by atoms with E-state index < -0.39 is 36.5 Å². The van der Waals surface area contributed by atoms with Gasteiger partial charge in [0.15, 0.2) is 6.73 Å². The molecule has 8 heteroatoms. The predicted molar refractivity (Wildman–Crippen MR) is 122 cm³/mol. The molecule has 0 saturated carbocycles. The fourth-order valence-electron chi connectivity index (χ4n) is 4.33. The summed E-state index contributed by atoms with van der Waals surface area (Å²) in [6.07, 6.45) is -0.0165. The summed E-state index contributed by atoms with van der Waals surface area (Å²) in [7, 11) is 0. The first-order chi connectivity index (χ1) is 16.0. The van der Waals surface area contributed by atoms with Crippen molar-refractivity contribution < 1.29 is 23.9 Å². The molecule has 2 unspecified atom stereocenters. The van der Waals surface area contributed by atoms with Gasteiger partial charge in [-0.3, -0.25) is 19.2 Å². The van der Waals surface area contributed by atoms with Crippen LogP contribution in [-0.4, -0.2) is 35.3 Å². The van der Waals surface area contributed by atoms with Gasteiger partial charge in [-0.05, 0) is 42.6 Å². The third kappa shape index (κ3) is 3.62. The summed E-state index contributed by atoms with van der Waals surface area (Å²) in [6, 6.07) is 17.3. The fourth-order valence-corrected chi connectivity index (χ4v) is 5.21. The van der Waals surface area contributed by atoms with Gasteiger partial charge in [-0.1, -0.05) is 35.9 Å². The van der Waals surface area contributed by atoms with Gasteiger partial charge < -0.3 is 9.64 Å². The first kappa shape index (κ1) is 21.1. The van der Waals surface area contributed by atoms with Crippen LogP contribution < -0.4 is 4.90 Å². The maximum Gasteiger partial charge on any atom is 0.313 e. The molecular weight excluding hydrogens is 440 g/mol. The highest BCUT2D eigenvalue weighted by molar-refractivity contribution is 7.10. The van der Waals surface area contributed by atoms with Crippen molar-refractivity contribution in [2.24, 2.45) is 5.92 Å². The van der Waals surface area contributed by atoms with E-state index in [1.54, 1.807) is 29.2 Å². The van der Waals surface area contributed by atoms with Crippen molar-refractivity contribution >= 4 is 40.7 Å². The summed E-state index contributed by atoms with van der Waals surface area (Å²) < 4.78 is 5.43. The third-order valence-corrected chi connectivity index (χ3v) is 6.93. The van der Waals surface area contributed by atoms with E-state index in [2.05, 4.69) is 0 Å². The molecule has 5 rings (SSSR count). The van der Waals surface area contributed by atoms with Crippen molar-refractivity contribution in [3.63, 3.8) is 0 Å². The molecule has 2 aromatic carbocycles. The molecule has 2 atom stereocenters. The van der Waals surface area contributed by atoms with E-state index in [9.17, 15) is 19.2 Å². The average molecular weight is 461 g/mol. The lowest BCUT2D eigenvalue weighted by molar-refractivity contribution is -0.151. The number of imide groups is 1. The number of aryl methyl sites for hydroxylation is 1. The molecule has 0 radical (unpaired) electrons. The highest BCUT2D eigenvalue weighted by Crippen LogP contribution is 2.43. The number of nitrogens with zero attached hydrogens (tertiary/aromatic N) is 2. The molecule has 7 nitrogen and oxygen atoms in total. The minimum absolute atomic E-state index is 0.0165. The van der Waals surface area contributed by atoms with Gasteiger partial charge in [-0.25, -0.2) is 4.90 Å². The number of ether oxygens (including phenoxy) is 1. The van der Waals surface area contributed by atoms with Gasteiger partial charge in [0.2, 0.25) is 5.91 Å². The summed E-state index contributed by atoms with van der Waals surface area (Å²) in [5.74, 6) is -2.55. The molecule has 0 bridgehead atoms. The third-order valence-electron chi connectivity index (χ3n) is 5.99. The Kier molecular flexibility index (Phi) is 5.30. The number of hydrogen-bond donors (Lipinski definition) is 0. The Morgan fingerprint density at radius 1 is 0.970 bits per heavy atom. The van der Waals surface area contributed by atoms with Crippen molar-refractivity contribution in [3.8, 4) is 0 Å². The lowest BCUT2D eigenvalue weighted by atomic mass is 9.99. The quantitative estimate of drug-likeness (QED) is 0.425. The van der Waals surface area contributed by atoms with Crippen LogP contribution in [0.15, 0.2) is 66.0 Å². The molecule has 1 saturated heterocycles. The highest BCUT2D eigenvalue weighted by Gasteiger charge is 2.47. The Bertz CT molecular complexity index is 1220. The summed E-state index contributed by atoms with van der Waals surface area (Å²) in [5.41, 5.74) is 2.35. The van der Waals surface area contributed by atoms with Gasteiger partial charge in [0.25, 0.3) is 11.8 Å². The summed E-state index contributed by atoms with van der Waals surface area (Å²) >= 11 is 1.46. The van der Waals surface area contributed by atoms with Gasteiger partial charge >= 0.3 is 5.97 Å². The van der Waals surface area contributed by atoms with Crippen molar-refractivity contribution in [2.45, 2.75) is 19.4 Å². The lowest BCUT2D eigenvalue weighted by Gasteiger charge is -2.27. The number of fused-ring (bicyclic) bond motifs is 1. The molecule has 3 heterocycles. The second kappa shape index (κ2) is 8.29. The average Bonchev–Trinajstić information content (AvgIpc) is 3.52. The number of amides is 3. The monoisotopic (exact) mass is 460 g/mol. The molecule has 0 aliphatic carbocycles. The Morgan fingerprint density at radius 2 is 1.64 bits per heavy atom. The Morgan fingerprint density at radius 3 is 2.24 bits per heavy atom. The number of carbonyl (C=O) groups excluding carboxylic acids is 4. The zero-order valence-electron chi connectivity index (χ0n) is 17.8. The van der Waals surface area contributed by atoms with Crippen LogP contribution in [0.2, 0.25) is 0 Å². The molecule has 2 aliphatic heterocycles. The molecule has 0 N–H and O–H groups in total. The zero-order valence-corrected chi connectivity index (χ0v) is 18.6. The van der Waals surface area contributed by atoms with Crippen molar-refractivity contribution in [3.05, 3.63) is 87.6 Å². The minimum Gasteiger partial charge on any atom is -0.443 e. The van der Waals surface area contributed by atoms with E-state index in [1.165, 1.54) is 11.3 Å². The lowest BCUT2D eigenvalue weighted by Crippen LogP contribution is -2.35. The number of esters is 1. The van der Waals surface area contributed by atoms with Crippen LogP contribution in [0.25, 0.3) is 0 Å². The summed E-state index contributed by atoms with van der Waals surface area (Å²) in [4.78, 5) is 54.7. The van der Waals surface area contributed by atoms with E-state index in [-0.39, 0.29) is 23.5 Å². The van der Waals surface area contributed by atoms with Gasteiger partial charge in [-0.15, -0.1) is 11.3 Å². The maximum absolute atomic E-state index is 13.1. The van der Waals surface area contributed by atoms with Gasteiger partial charge in [-0.2, -0.15) is 0 Å². The molecule has 1 fully saturated rings. The Balaban J connectivity index is 1.37. The topological polar surface area (TPSA) is 84.0 Å². The van der Waals surface area contributed by atoms with Crippen LogP contribution >= 0.6 is 11.3 Å². The van der Waals surface area contributed by atoms with E-state index in [0.29, 0.717) is 5.69 Å². The zero-order chi connectivity index (χ0) is 23.1. The maximum atomic E-state index is 13.1. The fraction of sp³-hybridized carbons (Fsp3) is 0.200. The summed E-state index contributed by atoms with van der Waals surface area (Å²) in [6.45, 7) is 1.48. The molecule has 33 heavy (non-hydrogen) atoms. The van der Waals surface area contributed by atoms with Gasteiger partial charge in [0, 0.05) is 17.0 Å². The Hall–Kier alpha value is -3.78. The standard InChI is InChI=1S/C25H20N2O5S/c1-15-8-10-16(11-9-15)27-21(28)13-19(22(27)20-7-4-12-33-20)25(31)32-14-26-23(29)17-5-2-3-6-18(17)24(26)30/h2-12,19,22H,13-14H2,1H3. The van der Waals surface area contributed by atoms with Gasteiger partial charge in [0.1, 0.15) is 0 Å². The number of anilines is 1. The van der Waals surface area contributed by atoms with E-state index >= 15 is 0 Å². The highest BCUT2D eigenvalue weighted by atomic mass is 32.1. The van der Waals surface area contributed by atoms with Crippen molar-refractivity contribution in [1.82, 2.24) is 4.90 Å². The molecule has 166 valence electrons. The van der Waals surface area contributed by atoms with E-state index in [0.717, 1.165) is 15.3 Å². The number of hydrogen-bond acceptors (Lipinski definition) is 6. The molecule has 1 aromatic heterocycles. The normalized spacial score (nSPS) is 19.8. The first-order valence-electron chi connectivity index (χ1n) is 10.5. The van der Waals surface area contributed by atoms with Crippen LogP contribution in [0, 0.1) is 12.8 Å². The van der Waals surface area contributed by atoms with E-state index in [1.807, 2.05) is 48.7 Å². The SMILES string of the molecule is Cc1ccc(N2C(=O)CC(C(=O)OCN3C(=O)c4ccccc4C3=O)C2c2cccs2)cc1. The van der Waals surface area contributed by atoms with Crippen molar-refractivity contribution in [2.75, 3.05) is 11.6 Å². The van der Waals surface area contributed by atoms with Crippen LogP contribution in [-0.2, 0) is 14.3 Å². The minimum atomic E-state index is -0.757. The van der Waals surface area contributed by atoms with Gasteiger partial charge in [0.05, 0.1) is 23.1 Å². The molecule has 2 aliphatic rings. The number of carbonyl (C=O) groups is 4. The number of thiophene rings is 1. The molecular formula is C25H20N2O5S. The first-order valence-corrected chi connectivity index (χ1v) is 11.4. The number of rotatable bonds is 5. The van der Waals surface area contributed by atoms with Crippen LogP contribution in [0.4, 0.5) is 5.69 Å². The van der Waals surface area contributed by atoms with Crippen LogP contribution in [0.3, 0.4) is 0 Å². The second-order valence-electron chi connectivity index (χ2n) is 8.05. The molecule has 3 aromatic rings. The summed E-state index contributed by atoms with van der Waals surface area (Å²) in [5, 5.41) is 1.90. The molecule has 3 amide bonds. The number of benzene rings is 2. The predicted octanol–water partition coefficient (Wildman–Crippen LogP) is 3.95. The largest absolute Gasteiger partial charge is 0.443 e. The van der Waals surface area contributed by atoms with Crippen molar-refractivity contribution in [1.29, 1.82) is 0 Å². The van der Waals surface area contributed by atoms with E-state index in [4.69, 9.17) is 4.74 Å². The smallest absolute Gasteiger partial charge is 0.313 e. The Labute approximate surface area is 194 Å². The van der Waals surface area contributed by atoms with Crippen LogP contribution in [0.5, 0.6) is 0 Å². The molecule has 0 spiro atoms.